The van der Waals surface area contributed by atoms with Crippen LogP contribution in [0.2, 0.25) is 0 Å². The van der Waals surface area contributed by atoms with Crippen LogP contribution in [0.5, 0.6) is 0 Å². The van der Waals surface area contributed by atoms with E-state index >= 15 is 0 Å². The summed E-state index contributed by atoms with van der Waals surface area (Å²) in [6.45, 7) is 2.65. The minimum absolute atomic E-state index is 0.166. The second kappa shape index (κ2) is 7.09. The third-order valence-corrected chi connectivity index (χ3v) is 6.48. The van der Waals surface area contributed by atoms with Crippen molar-refractivity contribution >= 4 is 15.8 Å². The number of sulfone groups is 1. The first-order valence-electron chi connectivity index (χ1n) is 8.85. The molecule has 1 aliphatic rings. The fraction of sp³-hybridized carbons (Fsp3) is 0.474. The molecule has 1 fully saturated rings. The second-order valence-corrected chi connectivity index (χ2v) is 9.39. The van der Waals surface area contributed by atoms with Crippen molar-refractivity contribution in [2.45, 2.75) is 30.1 Å². The molecule has 1 saturated carbocycles. The molecule has 1 heterocycles. The molecular formula is C19H25N3O4S. The summed E-state index contributed by atoms with van der Waals surface area (Å²) < 4.78 is 30.0. The number of aromatic nitrogens is 2. The number of hydrogen-bond acceptors (Lipinski definition) is 6. The molecule has 7 nitrogen and oxygen atoms in total. The van der Waals surface area contributed by atoms with Gasteiger partial charge in [0, 0.05) is 18.1 Å². The largest absolute Gasteiger partial charge is 0.468 e. The maximum absolute atomic E-state index is 12.5. The van der Waals surface area contributed by atoms with Crippen LogP contribution in [-0.2, 0) is 24.8 Å². The van der Waals surface area contributed by atoms with Gasteiger partial charge in [0.05, 0.1) is 24.0 Å². The SMILES string of the molecule is COC(=O)C1(c2cn(-c3ccc(S(C)(=O)=O)cc3)cn2)CC1CC(C)CN. The molecule has 3 rings (SSSR count). The van der Waals surface area contributed by atoms with Crippen LogP contribution < -0.4 is 5.73 Å². The summed E-state index contributed by atoms with van der Waals surface area (Å²) in [5.41, 5.74) is 6.46. The molecule has 0 spiro atoms. The van der Waals surface area contributed by atoms with Crippen molar-refractivity contribution in [3.63, 3.8) is 0 Å². The van der Waals surface area contributed by atoms with Crippen molar-refractivity contribution in [1.82, 2.24) is 9.55 Å². The van der Waals surface area contributed by atoms with E-state index in [1.54, 1.807) is 35.2 Å². The Labute approximate surface area is 159 Å². The molecule has 0 radical (unpaired) electrons. The highest BCUT2D eigenvalue weighted by Gasteiger charge is 2.63. The number of nitrogens with zero attached hydrogens (tertiary/aromatic N) is 2. The lowest BCUT2D eigenvalue weighted by Gasteiger charge is -2.14. The van der Waals surface area contributed by atoms with Gasteiger partial charge in [-0.25, -0.2) is 13.4 Å². The topological polar surface area (TPSA) is 104 Å². The number of methoxy groups -OCH3 is 1. The first-order chi connectivity index (χ1) is 12.7. The molecule has 1 aromatic carbocycles. The van der Waals surface area contributed by atoms with Gasteiger partial charge in [-0.05, 0) is 55.5 Å². The zero-order valence-corrected chi connectivity index (χ0v) is 16.6. The van der Waals surface area contributed by atoms with Gasteiger partial charge in [-0.2, -0.15) is 0 Å². The maximum Gasteiger partial charge on any atom is 0.318 e. The highest BCUT2D eigenvalue weighted by atomic mass is 32.2. The number of carbonyl (C=O) groups excluding carboxylic acids is 1. The third kappa shape index (κ3) is 3.64. The van der Waals surface area contributed by atoms with Gasteiger partial charge >= 0.3 is 5.97 Å². The highest BCUT2D eigenvalue weighted by molar-refractivity contribution is 7.90. The molecule has 0 bridgehead atoms. The van der Waals surface area contributed by atoms with Gasteiger partial charge in [-0.3, -0.25) is 4.79 Å². The lowest BCUT2D eigenvalue weighted by Crippen LogP contribution is -2.26. The zero-order valence-electron chi connectivity index (χ0n) is 15.8. The molecule has 0 aliphatic heterocycles. The minimum Gasteiger partial charge on any atom is -0.468 e. The fourth-order valence-corrected chi connectivity index (χ4v) is 4.24. The Bertz CT molecular complexity index is 936. The van der Waals surface area contributed by atoms with Crippen LogP contribution in [0.25, 0.3) is 5.69 Å². The number of benzene rings is 1. The Morgan fingerprint density at radius 3 is 2.63 bits per heavy atom. The lowest BCUT2D eigenvalue weighted by atomic mass is 9.94. The van der Waals surface area contributed by atoms with Gasteiger partial charge in [0.25, 0.3) is 0 Å². The van der Waals surface area contributed by atoms with Crippen molar-refractivity contribution in [3.05, 3.63) is 42.5 Å². The summed E-state index contributed by atoms with van der Waals surface area (Å²) in [7, 11) is -1.85. The van der Waals surface area contributed by atoms with E-state index in [4.69, 9.17) is 10.5 Å². The predicted octanol–water partition coefficient (Wildman–Crippen LogP) is 1.69. The molecule has 3 atom stereocenters. The van der Waals surface area contributed by atoms with Crippen molar-refractivity contribution in [2.24, 2.45) is 17.6 Å². The fourth-order valence-electron chi connectivity index (χ4n) is 3.61. The smallest absolute Gasteiger partial charge is 0.318 e. The second-order valence-electron chi connectivity index (χ2n) is 7.37. The van der Waals surface area contributed by atoms with Gasteiger partial charge in [0.1, 0.15) is 5.41 Å². The molecule has 146 valence electrons. The summed E-state index contributed by atoms with van der Waals surface area (Å²) in [4.78, 5) is 17.2. The van der Waals surface area contributed by atoms with Crippen LogP contribution in [0, 0.1) is 11.8 Å². The number of hydrogen-bond donors (Lipinski definition) is 1. The van der Waals surface area contributed by atoms with Gasteiger partial charge < -0.3 is 15.0 Å². The van der Waals surface area contributed by atoms with E-state index in [9.17, 15) is 13.2 Å². The summed E-state index contributed by atoms with van der Waals surface area (Å²) >= 11 is 0. The highest BCUT2D eigenvalue weighted by Crippen LogP contribution is 2.57. The molecule has 8 heteroatoms. The number of esters is 1. The van der Waals surface area contributed by atoms with Gasteiger partial charge in [-0.15, -0.1) is 0 Å². The number of carbonyl (C=O) groups is 1. The van der Waals surface area contributed by atoms with E-state index in [1.807, 2.05) is 6.20 Å². The van der Waals surface area contributed by atoms with E-state index in [0.717, 1.165) is 12.1 Å². The van der Waals surface area contributed by atoms with Crippen molar-refractivity contribution < 1.29 is 17.9 Å². The van der Waals surface area contributed by atoms with Crippen molar-refractivity contribution in [2.75, 3.05) is 19.9 Å². The maximum atomic E-state index is 12.5. The molecule has 1 aliphatic carbocycles. The minimum atomic E-state index is -3.24. The predicted molar refractivity (Wildman–Crippen MR) is 101 cm³/mol. The Balaban J connectivity index is 1.88. The quantitative estimate of drug-likeness (QED) is 0.720. The molecule has 0 amide bonds. The molecule has 2 aromatic rings. The number of rotatable bonds is 7. The monoisotopic (exact) mass is 391 g/mol. The van der Waals surface area contributed by atoms with Gasteiger partial charge in [0.2, 0.25) is 0 Å². The van der Waals surface area contributed by atoms with Crippen LogP contribution in [-0.4, -0.2) is 43.8 Å². The Morgan fingerprint density at radius 1 is 1.41 bits per heavy atom. The van der Waals surface area contributed by atoms with Crippen LogP contribution in [0.4, 0.5) is 0 Å². The first kappa shape index (κ1) is 19.6. The summed E-state index contributed by atoms with van der Waals surface area (Å²) in [5.74, 6) is 0.223. The summed E-state index contributed by atoms with van der Waals surface area (Å²) in [5, 5.41) is 0. The molecular weight excluding hydrogens is 366 g/mol. The van der Waals surface area contributed by atoms with E-state index in [0.29, 0.717) is 24.6 Å². The van der Waals surface area contributed by atoms with Crippen molar-refractivity contribution in [3.8, 4) is 5.69 Å². The normalized spacial score (nSPS) is 23.0. The summed E-state index contributed by atoms with van der Waals surface area (Å²) in [6, 6.07) is 6.55. The van der Waals surface area contributed by atoms with E-state index in [-0.39, 0.29) is 16.8 Å². The van der Waals surface area contributed by atoms with Crippen LogP contribution in [0.1, 0.15) is 25.5 Å². The Hall–Kier alpha value is -2.19. The summed E-state index contributed by atoms with van der Waals surface area (Å²) in [6.07, 6.45) is 6.18. The molecule has 3 unspecified atom stereocenters. The lowest BCUT2D eigenvalue weighted by molar-refractivity contribution is -0.144. The molecule has 1 aromatic heterocycles. The third-order valence-electron chi connectivity index (χ3n) is 5.35. The number of ether oxygens (including phenoxy) is 1. The average Bonchev–Trinajstić information content (AvgIpc) is 3.14. The van der Waals surface area contributed by atoms with Crippen LogP contribution in [0.15, 0.2) is 41.7 Å². The molecule has 27 heavy (non-hydrogen) atoms. The molecule has 0 saturated heterocycles. The zero-order chi connectivity index (χ0) is 19.8. The average molecular weight is 391 g/mol. The number of imidazole rings is 1. The van der Waals surface area contributed by atoms with Gasteiger partial charge in [0.15, 0.2) is 9.84 Å². The van der Waals surface area contributed by atoms with Gasteiger partial charge in [-0.1, -0.05) is 6.92 Å². The first-order valence-corrected chi connectivity index (χ1v) is 10.7. The van der Waals surface area contributed by atoms with Crippen molar-refractivity contribution in [1.29, 1.82) is 0 Å². The Kier molecular flexibility index (Phi) is 5.14. The number of nitrogens with two attached hydrogens (primary N) is 1. The Morgan fingerprint density at radius 2 is 2.07 bits per heavy atom. The van der Waals surface area contributed by atoms with E-state index < -0.39 is 15.3 Å². The van der Waals surface area contributed by atoms with Crippen LogP contribution in [0.3, 0.4) is 0 Å². The van der Waals surface area contributed by atoms with E-state index in [1.165, 1.54) is 13.4 Å². The van der Waals surface area contributed by atoms with E-state index in [2.05, 4.69) is 11.9 Å². The van der Waals surface area contributed by atoms with Crippen LogP contribution >= 0.6 is 0 Å². The molecule has 2 N–H and O–H groups in total. The standard InChI is InChI=1S/C19H25N3O4S/c1-13(10-20)8-14-9-19(14,18(23)26-2)17-11-22(12-21-17)15-4-6-16(7-5-15)27(3,24)25/h4-7,11-14H,8-10,20H2,1-3H3.